The molecular formula is C12H23NO2S. The lowest BCUT2D eigenvalue weighted by atomic mass is 9.89. The molecule has 1 atom stereocenters. The zero-order chi connectivity index (χ0) is 11.4. The molecule has 0 aromatic heterocycles. The van der Waals surface area contributed by atoms with E-state index in [1.54, 1.807) is 0 Å². The first-order valence-electron chi connectivity index (χ1n) is 6.61. The van der Waals surface area contributed by atoms with E-state index in [4.69, 9.17) is 0 Å². The van der Waals surface area contributed by atoms with Crippen molar-refractivity contribution in [3.8, 4) is 0 Å². The minimum atomic E-state index is -2.75. The SMILES string of the molecule is O=S1(=O)CCCC1CNCC1CCCCC1. The van der Waals surface area contributed by atoms with Gasteiger partial charge in [0.05, 0.1) is 11.0 Å². The summed E-state index contributed by atoms with van der Waals surface area (Å²) in [4.78, 5) is 0. The van der Waals surface area contributed by atoms with E-state index in [-0.39, 0.29) is 5.25 Å². The molecule has 16 heavy (non-hydrogen) atoms. The molecular weight excluding hydrogens is 222 g/mol. The number of rotatable bonds is 4. The van der Waals surface area contributed by atoms with E-state index >= 15 is 0 Å². The van der Waals surface area contributed by atoms with E-state index in [1.807, 2.05) is 0 Å². The van der Waals surface area contributed by atoms with Crippen molar-refractivity contribution < 1.29 is 8.42 Å². The van der Waals surface area contributed by atoms with Gasteiger partial charge in [0.15, 0.2) is 9.84 Å². The van der Waals surface area contributed by atoms with Crippen molar-refractivity contribution in [1.29, 1.82) is 0 Å². The third-order valence-corrected chi connectivity index (χ3v) is 6.27. The summed E-state index contributed by atoms with van der Waals surface area (Å²) in [5, 5.41) is 3.27. The van der Waals surface area contributed by atoms with E-state index in [1.165, 1.54) is 32.1 Å². The highest BCUT2D eigenvalue weighted by atomic mass is 32.2. The van der Waals surface area contributed by atoms with Gasteiger partial charge in [-0.25, -0.2) is 8.42 Å². The lowest BCUT2D eigenvalue weighted by Gasteiger charge is -2.22. The van der Waals surface area contributed by atoms with Crippen LogP contribution < -0.4 is 5.32 Å². The maximum atomic E-state index is 11.6. The van der Waals surface area contributed by atoms with Crippen LogP contribution in [0.25, 0.3) is 0 Å². The average Bonchev–Trinajstić information content (AvgIpc) is 2.60. The maximum Gasteiger partial charge on any atom is 0.154 e. The van der Waals surface area contributed by atoms with Gasteiger partial charge in [-0.1, -0.05) is 19.3 Å². The molecule has 0 spiro atoms. The van der Waals surface area contributed by atoms with Crippen LogP contribution in [-0.4, -0.2) is 32.5 Å². The van der Waals surface area contributed by atoms with Gasteiger partial charge in [0.25, 0.3) is 0 Å². The average molecular weight is 245 g/mol. The van der Waals surface area contributed by atoms with Gasteiger partial charge in [0.2, 0.25) is 0 Å². The first-order valence-corrected chi connectivity index (χ1v) is 8.32. The summed E-state index contributed by atoms with van der Waals surface area (Å²) in [6.07, 6.45) is 8.46. The highest BCUT2D eigenvalue weighted by Crippen LogP contribution is 2.23. The van der Waals surface area contributed by atoms with Crippen LogP contribution in [0.2, 0.25) is 0 Å². The monoisotopic (exact) mass is 245 g/mol. The molecule has 1 unspecified atom stereocenters. The van der Waals surface area contributed by atoms with Gasteiger partial charge in [-0.05, 0) is 38.1 Å². The lowest BCUT2D eigenvalue weighted by molar-refractivity contribution is 0.342. The third kappa shape index (κ3) is 3.20. The molecule has 1 saturated carbocycles. The second-order valence-electron chi connectivity index (χ2n) is 5.29. The summed E-state index contributed by atoms with van der Waals surface area (Å²) in [6, 6.07) is 0. The summed E-state index contributed by atoms with van der Waals surface area (Å²) in [5.74, 6) is 1.20. The molecule has 2 aliphatic rings. The van der Waals surface area contributed by atoms with E-state index < -0.39 is 9.84 Å². The molecule has 0 aromatic rings. The first-order chi connectivity index (χ1) is 7.68. The van der Waals surface area contributed by atoms with Crippen LogP contribution >= 0.6 is 0 Å². The van der Waals surface area contributed by atoms with Gasteiger partial charge in [-0.15, -0.1) is 0 Å². The molecule has 1 N–H and O–H groups in total. The number of hydrogen-bond acceptors (Lipinski definition) is 3. The Morgan fingerprint density at radius 3 is 2.31 bits per heavy atom. The van der Waals surface area contributed by atoms with Crippen molar-refractivity contribution in [3.63, 3.8) is 0 Å². The Balaban J connectivity index is 1.67. The molecule has 1 aliphatic carbocycles. The van der Waals surface area contributed by atoms with Gasteiger partial charge in [0.1, 0.15) is 0 Å². The fourth-order valence-electron chi connectivity index (χ4n) is 2.93. The predicted molar refractivity (Wildman–Crippen MR) is 66.3 cm³/mol. The number of sulfone groups is 1. The predicted octanol–water partition coefficient (Wildman–Crippen LogP) is 1.73. The second kappa shape index (κ2) is 5.50. The minimum absolute atomic E-state index is 0.101. The molecule has 3 nitrogen and oxygen atoms in total. The molecule has 4 heteroatoms. The minimum Gasteiger partial charge on any atom is -0.315 e. The van der Waals surface area contributed by atoms with E-state index in [0.29, 0.717) is 12.3 Å². The summed E-state index contributed by atoms with van der Waals surface area (Å²) in [6.45, 7) is 1.70. The Bertz CT molecular complexity index is 307. The Labute approximate surface area is 98.9 Å². The smallest absolute Gasteiger partial charge is 0.154 e. The highest BCUT2D eigenvalue weighted by molar-refractivity contribution is 7.92. The van der Waals surface area contributed by atoms with Crippen LogP contribution in [0.3, 0.4) is 0 Å². The van der Waals surface area contributed by atoms with Crippen molar-refractivity contribution in [2.75, 3.05) is 18.8 Å². The first kappa shape index (κ1) is 12.4. The molecule has 0 radical (unpaired) electrons. The van der Waals surface area contributed by atoms with Crippen LogP contribution in [0, 0.1) is 5.92 Å². The normalized spacial score (nSPS) is 30.6. The highest BCUT2D eigenvalue weighted by Gasteiger charge is 2.30. The van der Waals surface area contributed by atoms with E-state index in [0.717, 1.165) is 25.3 Å². The molecule has 0 amide bonds. The van der Waals surface area contributed by atoms with E-state index in [9.17, 15) is 8.42 Å². The van der Waals surface area contributed by atoms with Crippen LogP contribution in [0.1, 0.15) is 44.9 Å². The largest absolute Gasteiger partial charge is 0.315 e. The zero-order valence-corrected chi connectivity index (χ0v) is 10.8. The number of hydrogen-bond donors (Lipinski definition) is 1. The van der Waals surface area contributed by atoms with Crippen molar-refractivity contribution in [1.82, 2.24) is 5.32 Å². The maximum absolute atomic E-state index is 11.6. The van der Waals surface area contributed by atoms with Gasteiger partial charge >= 0.3 is 0 Å². The molecule has 0 bridgehead atoms. The van der Waals surface area contributed by atoms with Crippen molar-refractivity contribution >= 4 is 9.84 Å². The summed E-state index contributed by atoms with van der Waals surface area (Å²) in [5.41, 5.74) is 0. The zero-order valence-electron chi connectivity index (χ0n) is 9.95. The van der Waals surface area contributed by atoms with Gasteiger partial charge < -0.3 is 5.32 Å². The Morgan fingerprint density at radius 1 is 0.938 bits per heavy atom. The second-order valence-corrected chi connectivity index (χ2v) is 7.69. The lowest BCUT2D eigenvalue weighted by Crippen LogP contribution is -2.34. The summed E-state index contributed by atoms with van der Waals surface area (Å²) < 4.78 is 23.2. The molecule has 1 saturated heterocycles. The summed E-state index contributed by atoms with van der Waals surface area (Å²) in [7, 11) is -2.75. The van der Waals surface area contributed by atoms with Gasteiger partial charge in [-0.3, -0.25) is 0 Å². The third-order valence-electron chi connectivity index (χ3n) is 3.99. The van der Waals surface area contributed by atoms with Crippen molar-refractivity contribution in [2.45, 2.75) is 50.2 Å². The van der Waals surface area contributed by atoms with Crippen molar-refractivity contribution in [3.05, 3.63) is 0 Å². The summed E-state index contributed by atoms with van der Waals surface area (Å²) >= 11 is 0. The Hall–Kier alpha value is -0.0900. The molecule has 94 valence electrons. The number of nitrogens with one attached hydrogen (secondary N) is 1. The Morgan fingerprint density at radius 2 is 1.69 bits per heavy atom. The van der Waals surface area contributed by atoms with Crippen LogP contribution in [-0.2, 0) is 9.84 Å². The van der Waals surface area contributed by atoms with Crippen molar-refractivity contribution in [2.24, 2.45) is 5.92 Å². The van der Waals surface area contributed by atoms with E-state index in [2.05, 4.69) is 5.32 Å². The fourth-order valence-corrected chi connectivity index (χ4v) is 4.73. The quantitative estimate of drug-likeness (QED) is 0.820. The molecule has 2 rings (SSSR count). The van der Waals surface area contributed by atoms with Gasteiger partial charge in [0, 0.05) is 6.54 Å². The molecule has 1 heterocycles. The molecule has 2 fully saturated rings. The Kier molecular flexibility index (Phi) is 4.25. The van der Waals surface area contributed by atoms with Crippen LogP contribution in [0.5, 0.6) is 0 Å². The van der Waals surface area contributed by atoms with Crippen LogP contribution in [0.4, 0.5) is 0 Å². The standard InChI is InChI=1S/C12H23NO2S/c14-16(15)8-4-7-12(16)10-13-9-11-5-2-1-3-6-11/h11-13H,1-10H2. The molecule has 0 aromatic carbocycles. The molecule has 1 aliphatic heterocycles. The topological polar surface area (TPSA) is 46.2 Å². The van der Waals surface area contributed by atoms with Gasteiger partial charge in [-0.2, -0.15) is 0 Å². The van der Waals surface area contributed by atoms with Crippen LogP contribution in [0.15, 0.2) is 0 Å². The fraction of sp³-hybridized carbons (Fsp3) is 1.00.